The number of benzene rings is 2. The van der Waals surface area contributed by atoms with Crippen molar-refractivity contribution in [2.45, 2.75) is 13.8 Å². The maximum atomic E-state index is 9.49. The van der Waals surface area contributed by atoms with E-state index in [1.165, 1.54) is 0 Å². The number of rotatable bonds is 6. The molecule has 0 aliphatic carbocycles. The fraction of sp³-hybridized carbons (Fsp3) is 0.250. The van der Waals surface area contributed by atoms with Crippen LogP contribution in [-0.4, -0.2) is 32.0 Å². The van der Waals surface area contributed by atoms with Gasteiger partial charge in [0.2, 0.25) is 0 Å². The Morgan fingerprint density at radius 3 is 1.33 bits per heavy atom. The molecular weight excluding hydrogens is 284 g/mol. The summed E-state index contributed by atoms with van der Waals surface area (Å²) in [5.41, 5.74) is 0. The molecule has 0 aliphatic heterocycles. The molecule has 0 saturated carbocycles. The Balaban J connectivity index is 2.56. The van der Waals surface area contributed by atoms with Crippen LogP contribution >= 0.6 is 0 Å². The summed E-state index contributed by atoms with van der Waals surface area (Å²) in [6.07, 6.45) is 0. The fourth-order valence-electron chi connectivity index (χ4n) is 2.31. The first-order valence-corrected chi connectivity index (χ1v) is 8.81. The SMILES string of the molecule is CCO[Si](OCC)(c1ccc(O)cc1)c1ccc(O)cc1. The van der Waals surface area contributed by atoms with Crippen molar-refractivity contribution >= 4 is 18.9 Å². The van der Waals surface area contributed by atoms with E-state index in [0.29, 0.717) is 13.2 Å². The van der Waals surface area contributed by atoms with Crippen molar-refractivity contribution < 1.29 is 19.1 Å². The van der Waals surface area contributed by atoms with Crippen LogP contribution in [0, 0.1) is 0 Å². The molecule has 0 fully saturated rings. The van der Waals surface area contributed by atoms with Gasteiger partial charge >= 0.3 is 8.56 Å². The lowest BCUT2D eigenvalue weighted by Gasteiger charge is -2.30. The third-order valence-electron chi connectivity index (χ3n) is 3.19. The third kappa shape index (κ3) is 3.26. The Bertz CT molecular complexity index is 512. The topological polar surface area (TPSA) is 58.9 Å². The van der Waals surface area contributed by atoms with Gasteiger partial charge in [0.1, 0.15) is 11.5 Å². The van der Waals surface area contributed by atoms with Crippen molar-refractivity contribution in [2.24, 2.45) is 0 Å². The second-order valence-corrected chi connectivity index (χ2v) is 7.54. The van der Waals surface area contributed by atoms with Gasteiger partial charge in [0, 0.05) is 13.2 Å². The molecule has 0 aliphatic rings. The van der Waals surface area contributed by atoms with Gasteiger partial charge in [-0.2, -0.15) is 0 Å². The summed E-state index contributed by atoms with van der Waals surface area (Å²) in [6, 6.07) is 13.9. The van der Waals surface area contributed by atoms with Crippen LogP contribution in [0.15, 0.2) is 48.5 Å². The van der Waals surface area contributed by atoms with Crippen molar-refractivity contribution in [1.82, 2.24) is 0 Å². The van der Waals surface area contributed by atoms with Crippen LogP contribution in [0.5, 0.6) is 11.5 Å². The van der Waals surface area contributed by atoms with Crippen LogP contribution in [0.1, 0.15) is 13.8 Å². The lowest BCUT2D eigenvalue weighted by molar-refractivity contribution is 0.208. The van der Waals surface area contributed by atoms with Crippen LogP contribution < -0.4 is 10.4 Å². The van der Waals surface area contributed by atoms with Crippen LogP contribution in [0.25, 0.3) is 0 Å². The van der Waals surface area contributed by atoms with Gasteiger partial charge in [-0.25, -0.2) is 0 Å². The third-order valence-corrected chi connectivity index (χ3v) is 6.77. The maximum absolute atomic E-state index is 9.49. The number of phenols is 2. The van der Waals surface area contributed by atoms with Gasteiger partial charge in [-0.05, 0) is 48.5 Å². The van der Waals surface area contributed by atoms with Gasteiger partial charge in [0.25, 0.3) is 0 Å². The highest BCUT2D eigenvalue weighted by Gasteiger charge is 2.42. The zero-order valence-electron chi connectivity index (χ0n) is 12.2. The molecule has 2 aromatic carbocycles. The normalized spacial score (nSPS) is 11.5. The molecule has 0 atom stereocenters. The minimum absolute atomic E-state index is 0.209. The van der Waals surface area contributed by atoms with Crippen molar-refractivity contribution in [3.63, 3.8) is 0 Å². The summed E-state index contributed by atoms with van der Waals surface area (Å²) in [4.78, 5) is 0. The Kier molecular flexibility index (Phi) is 5.01. The zero-order valence-corrected chi connectivity index (χ0v) is 13.2. The molecule has 0 saturated heterocycles. The fourth-order valence-corrected chi connectivity index (χ4v) is 5.42. The highest BCUT2D eigenvalue weighted by atomic mass is 28.4. The molecule has 2 aromatic rings. The average Bonchev–Trinajstić information content (AvgIpc) is 2.48. The smallest absolute Gasteiger partial charge is 0.407 e. The van der Waals surface area contributed by atoms with E-state index < -0.39 is 8.56 Å². The van der Waals surface area contributed by atoms with Crippen molar-refractivity contribution in [3.8, 4) is 11.5 Å². The standard InChI is InChI=1S/C16H20O4Si/c1-3-19-21(20-4-2,15-9-5-13(17)6-10-15)16-11-7-14(18)8-12-16/h5-12,17-18H,3-4H2,1-2H3. The second kappa shape index (κ2) is 6.75. The highest BCUT2D eigenvalue weighted by Crippen LogP contribution is 2.14. The Morgan fingerprint density at radius 1 is 0.714 bits per heavy atom. The number of aromatic hydroxyl groups is 2. The molecular formula is C16H20O4Si. The van der Waals surface area contributed by atoms with Crippen LogP contribution in [0.3, 0.4) is 0 Å². The summed E-state index contributed by atoms with van der Waals surface area (Å²) in [6.45, 7) is 4.91. The molecule has 21 heavy (non-hydrogen) atoms. The van der Waals surface area contributed by atoms with Crippen LogP contribution in [0.4, 0.5) is 0 Å². The van der Waals surface area contributed by atoms with E-state index in [2.05, 4.69) is 0 Å². The molecule has 4 nitrogen and oxygen atoms in total. The molecule has 112 valence electrons. The summed E-state index contributed by atoms with van der Waals surface area (Å²) in [5, 5.41) is 20.8. The van der Waals surface area contributed by atoms with Crippen LogP contribution in [-0.2, 0) is 8.85 Å². The van der Waals surface area contributed by atoms with Crippen LogP contribution in [0.2, 0.25) is 0 Å². The molecule has 0 heterocycles. The van der Waals surface area contributed by atoms with E-state index in [1.807, 2.05) is 38.1 Å². The molecule has 0 radical (unpaired) electrons. The summed E-state index contributed by atoms with van der Waals surface area (Å²) < 4.78 is 12.2. The molecule has 0 bridgehead atoms. The van der Waals surface area contributed by atoms with E-state index in [9.17, 15) is 10.2 Å². The van der Waals surface area contributed by atoms with E-state index in [1.54, 1.807) is 24.3 Å². The van der Waals surface area contributed by atoms with E-state index in [0.717, 1.165) is 10.4 Å². The number of hydrogen-bond acceptors (Lipinski definition) is 4. The van der Waals surface area contributed by atoms with Gasteiger partial charge < -0.3 is 19.1 Å². The van der Waals surface area contributed by atoms with Crippen molar-refractivity contribution in [1.29, 1.82) is 0 Å². The minimum atomic E-state index is -2.82. The van der Waals surface area contributed by atoms with Gasteiger partial charge in [0.05, 0.1) is 0 Å². The quantitative estimate of drug-likeness (QED) is 0.798. The molecule has 5 heteroatoms. The second-order valence-electron chi connectivity index (χ2n) is 4.58. The lowest BCUT2D eigenvalue weighted by atomic mass is 10.3. The zero-order chi connectivity index (χ0) is 15.3. The highest BCUT2D eigenvalue weighted by molar-refractivity contribution is 6.92. The first kappa shape index (κ1) is 15.6. The first-order valence-electron chi connectivity index (χ1n) is 6.99. The predicted molar refractivity (Wildman–Crippen MR) is 84.5 cm³/mol. The Hall–Kier alpha value is -1.82. The van der Waals surface area contributed by atoms with E-state index in [4.69, 9.17) is 8.85 Å². The number of phenolic OH excluding ortho intramolecular Hbond substituents is 2. The van der Waals surface area contributed by atoms with E-state index in [-0.39, 0.29) is 11.5 Å². The minimum Gasteiger partial charge on any atom is -0.508 e. The number of hydrogen-bond donors (Lipinski definition) is 2. The molecule has 0 unspecified atom stereocenters. The maximum Gasteiger partial charge on any atom is 0.407 e. The van der Waals surface area contributed by atoms with Crippen molar-refractivity contribution in [2.75, 3.05) is 13.2 Å². The van der Waals surface area contributed by atoms with Crippen molar-refractivity contribution in [3.05, 3.63) is 48.5 Å². The summed E-state index contributed by atoms with van der Waals surface area (Å²) in [5.74, 6) is 0.417. The van der Waals surface area contributed by atoms with Gasteiger partial charge in [0.15, 0.2) is 0 Å². The molecule has 0 aromatic heterocycles. The Morgan fingerprint density at radius 2 is 1.05 bits per heavy atom. The summed E-state index contributed by atoms with van der Waals surface area (Å²) >= 11 is 0. The first-order chi connectivity index (χ1) is 10.1. The molecule has 0 amide bonds. The average molecular weight is 304 g/mol. The van der Waals surface area contributed by atoms with Gasteiger partial charge in [-0.3, -0.25) is 0 Å². The molecule has 2 rings (SSSR count). The molecule has 2 N–H and O–H groups in total. The predicted octanol–water partition coefficient (Wildman–Crippen LogP) is 1.73. The summed E-state index contributed by atoms with van der Waals surface area (Å²) in [7, 11) is -2.82. The van der Waals surface area contributed by atoms with E-state index >= 15 is 0 Å². The largest absolute Gasteiger partial charge is 0.508 e. The van der Waals surface area contributed by atoms with Gasteiger partial charge in [-0.1, -0.05) is 24.3 Å². The lowest BCUT2D eigenvalue weighted by Crippen LogP contribution is -2.63. The van der Waals surface area contributed by atoms with Gasteiger partial charge in [-0.15, -0.1) is 0 Å². The monoisotopic (exact) mass is 304 g/mol. The Labute approximate surface area is 125 Å². The molecule has 0 spiro atoms.